The minimum Gasteiger partial charge on any atom is -0.507 e. The molecule has 2 aromatic rings. The Hall–Kier alpha value is -2.84. The van der Waals surface area contributed by atoms with Gasteiger partial charge in [-0.05, 0) is 39.5 Å². The Morgan fingerprint density at radius 1 is 0.632 bits per heavy atom. The second-order valence-corrected chi connectivity index (χ2v) is 10.1. The molecule has 0 atom stereocenters. The lowest BCUT2D eigenvalue weighted by Crippen LogP contribution is -2.47. The first-order valence-electron chi connectivity index (χ1n) is 13.9. The van der Waals surface area contributed by atoms with E-state index in [1.54, 1.807) is 12.1 Å². The maximum absolute atomic E-state index is 10.7. The van der Waals surface area contributed by atoms with Crippen molar-refractivity contribution >= 4 is 0 Å². The fourth-order valence-electron chi connectivity index (χ4n) is 3.75. The molecule has 0 amide bonds. The monoisotopic (exact) mass is 532 g/mol. The molecule has 0 bridgehead atoms. The van der Waals surface area contributed by atoms with Gasteiger partial charge in [-0.2, -0.15) is 0 Å². The van der Waals surface area contributed by atoms with Crippen LogP contribution in [0, 0.1) is 0 Å². The van der Waals surface area contributed by atoms with Crippen molar-refractivity contribution in [3.8, 4) is 34.5 Å². The highest BCUT2D eigenvalue weighted by molar-refractivity contribution is 5.51. The van der Waals surface area contributed by atoms with Gasteiger partial charge < -0.3 is 39.8 Å². The van der Waals surface area contributed by atoms with Crippen LogP contribution >= 0.6 is 0 Å². The molecule has 2 aromatic carbocycles. The Kier molecular flexibility index (Phi) is 13.4. The predicted octanol–water partition coefficient (Wildman–Crippen LogP) is 5.91. The molecule has 8 heteroatoms. The largest absolute Gasteiger partial charge is 0.507 e. The van der Waals surface area contributed by atoms with Gasteiger partial charge in [0.05, 0.1) is 26.4 Å². The number of hydrogen-bond donors (Lipinski definition) is 4. The third-order valence-electron chi connectivity index (χ3n) is 5.80. The van der Waals surface area contributed by atoms with Crippen LogP contribution in [0.5, 0.6) is 34.5 Å². The smallest absolute Gasteiger partial charge is 0.131 e. The molecule has 214 valence electrons. The van der Waals surface area contributed by atoms with Gasteiger partial charge in [-0.25, -0.2) is 0 Å². The summed E-state index contributed by atoms with van der Waals surface area (Å²) in [6.07, 6.45) is 3.51. The Labute approximate surface area is 228 Å². The second-order valence-electron chi connectivity index (χ2n) is 10.1. The van der Waals surface area contributed by atoms with Crippen LogP contribution in [0.2, 0.25) is 0 Å². The van der Waals surface area contributed by atoms with Crippen molar-refractivity contribution in [1.29, 1.82) is 0 Å². The molecular weight excluding hydrogens is 484 g/mol. The lowest BCUT2D eigenvalue weighted by Gasteiger charge is -2.28. The van der Waals surface area contributed by atoms with E-state index in [1.807, 2.05) is 39.8 Å². The van der Waals surface area contributed by atoms with Gasteiger partial charge >= 0.3 is 0 Å². The van der Waals surface area contributed by atoms with E-state index in [-0.39, 0.29) is 17.0 Å². The molecule has 0 aliphatic heterocycles. The molecule has 0 aliphatic rings. The van der Waals surface area contributed by atoms with Crippen molar-refractivity contribution in [3.05, 3.63) is 35.4 Å². The van der Waals surface area contributed by atoms with E-state index in [4.69, 9.17) is 18.9 Å². The first-order valence-corrected chi connectivity index (χ1v) is 13.9. The summed E-state index contributed by atoms with van der Waals surface area (Å²) in [4.78, 5) is 0. The summed E-state index contributed by atoms with van der Waals surface area (Å²) in [7, 11) is 0. The average molecular weight is 533 g/mol. The summed E-state index contributed by atoms with van der Waals surface area (Å²) in [5, 5.41) is 28.4. The zero-order valence-corrected chi connectivity index (χ0v) is 24.1. The lowest BCUT2D eigenvalue weighted by atomic mass is 10.0. The molecule has 0 fully saturated rings. The van der Waals surface area contributed by atoms with E-state index < -0.39 is 0 Å². The molecule has 0 saturated carbocycles. The zero-order valence-electron chi connectivity index (χ0n) is 24.1. The molecule has 0 heterocycles. The van der Waals surface area contributed by atoms with E-state index in [2.05, 4.69) is 24.5 Å². The van der Waals surface area contributed by atoms with Crippen molar-refractivity contribution in [2.24, 2.45) is 0 Å². The van der Waals surface area contributed by atoms with Gasteiger partial charge in [-0.3, -0.25) is 0 Å². The minimum atomic E-state index is -0.323. The number of hydrogen-bond acceptors (Lipinski definition) is 8. The highest BCUT2D eigenvalue weighted by Gasteiger charge is 2.21. The molecule has 0 aliphatic carbocycles. The van der Waals surface area contributed by atoms with Gasteiger partial charge in [0.15, 0.2) is 0 Å². The van der Waals surface area contributed by atoms with Crippen LogP contribution in [-0.4, -0.2) is 48.7 Å². The van der Waals surface area contributed by atoms with E-state index in [9.17, 15) is 10.2 Å². The fraction of sp³-hybridized carbons (Fsp3) is 0.600. The summed E-state index contributed by atoms with van der Waals surface area (Å²) in [6, 6.07) is 6.98. The van der Waals surface area contributed by atoms with Gasteiger partial charge in [0.2, 0.25) is 0 Å². The molecule has 2 rings (SSSR count). The average Bonchev–Trinajstić information content (AvgIpc) is 2.88. The van der Waals surface area contributed by atoms with Crippen LogP contribution in [0.25, 0.3) is 0 Å². The highest BCUT2D eigenvalue weighted by atomic mass is 16.5. The Morgan fingerprint density at radius 2 is 1.05 bits per heavy atom. The van der Waals surface area contributed by atoms with Crippen LogP contribution in [0.4, 0.5) is 0 Å². The maximum Gasteiger partial charge on any atom is 0.131 e. The third-order valence-corrected chi connectivity index (χ3v) is 5.80. The van der Waals surface area contributed by atoms with Crippen molar-refractivity contribution < 1.29 is 29.2 Å². The summed E-state index contributed by atoms with van der Waals surface area (Å²) in [6.45, 7) is 16.1. The summed E-state index contributed by atoms with van der Waals surface area (Å²) in [5.41, 5.74) is 1.08. The number of phenols is 2. The normalized spacial score (nSPS) is 11.4. The van der Waals surface area contributed by atoms with Crippen LogP contribution in [-0.2, 0) is 13.1 Å². The van der Waals surface area contributed by atoms with Crippen molar-refractivity contribution in [1.82, 2.24) is 10.6 Å². The zero-order chi connectivity index (χ0) is 28.0. The van der Waals surface area contributed by atoms with Crippen LogP contribution in [0.3, 0.4) is 0 Å². The number of aromatic hydroxyl groups is 2. The van der Waals surface area contributed by atoms with Gasteiger partial charge in [0.25, 0.3) is 0 Å². The molecule has 0 aromatic heterocycles. The van der Waals surface area contributed by atoms with Gasteiger partial charge in [0, 0.05) is 60.6 Å². The first kappa shape index (κ1) is 31.4. The molecule has 0 saturated heterocycles. The van der Waals surface area contributed by atoms with Gasteiger partial charge in [0.1, 0.15) is 34.5 Å². The van der Waals surface area contributed by atoms with E-state index >= 15 is 0 Å². The summed E-state index contributed by atoms with van der Waals surface area (Å²) in [5.74, 6) is 2.76. The molecule has 0 spiro atoms. The van der Waals surface area contributed by atoms with Crippen molar-refractivity contribution in [2.45, 2.75) is 85.9 Å². The lowest BCUT2D eigenvalue weighted by molar-refractivity contribution is 0.289. The third kappa shape index (κ3) is 10.1. The fourth-order valence-corrected chi connectivity index (χ4v) is 3.75. The molecule has 4 N–H and O–H groups in total. The first-order chi connectivity index (χ1) is 18.2. The molecule has 0 unspecified atom stereocenters. The SMILES string of the molecule is CCCOc1cc(O)c(CNCC(C)(C)NCc2c(O)cc(OCCC)cc2OCCC)c(OCCC)c1. The van der Waals surface area contributed by atoms with Crippen LogP contribution < -0.4 is 29.6 Å². The second kappa shape index (κ2) is 16.2. The number of rotatable bonds is 19. The Morgan fingerprint density at radius 3 is 1.50 bits per heavy atom. The van der Waals surface area contributed by atoms with Crippen LogP contribution in [0.15, 0.2) is 24.3 Å². The quantitative estimate of drug-likeness (QED) is 0.177. The van der Waals surface area contributed by atoms with Crippen LogP contribution in [0.1, 0.15) is 78.4 Å². The maximum atomic E-state index is 10.7. The predicted molar refractivity (Wildman–Crippen MR) is 152 cm³/mol. The minimum absolute atomic E-state index is 0.147. The number of nitrogens with one attached hydrogen (secondary N) is 2. The van der Waals surface area contributed by atoms with Gasteiger partial charge in [-0.1, -0.05) is 27.7 Å². The van der Waals surface area contributed by atoms with Gasteiger partial charge in [-0.15, -0.1) is 0 Å². The Bertz CT molecular complexity index is 980. The van der Waals surface area contributed by atoms with Crippen molar-refractivity contribution in [2.75, 3.05) is 33.0 Å². The van der Waals surface area contributed by atoms with E-state index in [1.165, 1.54) is 0 Å². The Balaban J connectivity index is 2.06. The van der Waals surface area contributed by atoms with Crippen molar-refractivity contribution in [3.63, 3.8) is 0 Å². The number of phenolic OH excluding ortho intramolecular Hbond substituents is 2. The van der Waals surface area contributed by atoms with E-state index in [0.29, 0.717) is 80.2 Å². The molecule has 8 nitrogen and oxygen atoms in total. The van der Waals surface area contributed by atoms with E-state index in [0.717, 1.165) is 25.7 Å². The number of benzene rings is 2. The molecule has 0 radical (unpaired) electrons. The standard InChI is InChI=1S/C30H48N2O6/c1-7-11-35-22-15-26(33)24(28(17-22)37-13-9-3)19-31-21-30(5,6)32-20-25-27(34)16-23(36-12-8-2)18-29(25)38-14-10-4/h15-18,31-34H,7-14,19-21H2,1-6H3. The summed E-state index contributed by atoms with van der Waals surface area (Å²) >= 11 is 0. The number of ether oxygens (including phenoxy) is 4. The highest BCUT2D eigenvalue weighted by Crippen LogP contribution is 2.35. The topological polar surface area (TPSA) is 101 Å². The molecule has 38 heavy (non-hydrogen) atoms. The molecular formula is C30H48N2O6. The summed E-state index contributed by atoms with van der Waals surface area (Å²) < 4.78 is 23.3.